The number of hydrogen-bond acceptors (Lipinski definition) is 6. The molecule has 8 nitrogen and oxygen atoms in total. The van der Waals surface area contributed by atoms with E-state index in [0.29, 0.717) is 11.6 Å². The molecule has 2 aromatic heterocycles. The minimum Gasteiger partial charge on any atom is -0.442 e. The van der Waals surface area contributed by atoms with Crippen molar-refractivity contribution < 1.29 is 14.3 Å². The zero-order valence-electron chi connectivity index (χ0n) is 18.5. The van der Waals surface area contributed by atoms with Crippen LogP contribution in [-0.2, 0) is 14.9 Å². The number of amides is 1. The number of anilines is 2. The van der Waals surface area contributed by atoms with Gasteiger partial charge in [-0.15, -0.1) is 5.10 Å². The number of nitrogens with zero attached hydrogens (tertiary/aromatic N) is 5. The van der Waals surface area contributed by atoms with Crippen LogP contribution in [0, 0.1) is 6.92 Å². The van der Waals surface area contributed by atoms with Crippen LogP contribution in [-0.4, -0.2) is 37.3 Å². The second kappa shape index (κ2) is 7.01. The summed E-state index contributed by atoms with van der Waals surface area (Å²) in [7, 11) is 0. The van der Waals surface area contributed by atoms with E-state index in [4.69, 9.17) is 4.74 Å². The lowest BCUT2D eigenvalue weighted by atomic mass is 9.85. The maximum absolute atomic E-state index is 13.3. The van der Waals surface area contributed by atoms with E-state index in [0.717, 1.165) is 27.1 Å². The first-order chi connectivity index (χ1) is 14.5. The largest absolute Gasteiger partial charge is 0.442 e. The van der Waals surface area contributed by atoms with Crippen LogP contribution in [0.3, 0.4) is 0 Å². The molecule has 160 valence electrons. The van der Waals surface area contributed by atoms with Crippen molar-refractivity contribution in [2.24, 2.45) is 0 Å². The standard InChI is InChI=1S/C23H25N5O3/c1-14-24-12-16(13-25-14)15-7-8-17-18(11-15)28(20(29)23(17,5)6)19-9-10-27(26-19)21(30)31-22(2,3)4/h7-13H,1-6H3. The maximum atomic E-state index is 13.3. The van der Waals surface area contributed by atoms with Gasteiger partial charge < -0.3 is 4.74 Å². The van der Waals surface area contributed by atoms with Gasteiger partial charge in [-0.25, -0.2) is 14.8 Å². The third-order valence-corrected chi connectivity index (χ3v) is 5.15. The molecular weight excluding hydrogens is 394 g/mol. The molecule has 0 saturated carbocycles. The number of ether oxygens (including phenoxy) is 1. The molecule has 0 aliphatic carbocycles. The Morgan fingerprint density at radius 1 is 1.06 bits per heavy atom. The number of hydrogen-bond donors (Lipinski definition) is 0. The number of rotatable bonds is 2. The van der Waals surface area contributed by atoms with Crippen LogP contribution in [0.25, 0.3) is 11.1 Å². The SMILES string of the molecule is Cc1ncc(-c2ccc3c(c2)N(c2ccn(C(=O)OC(C)(C)C)n2)C(=O)C3(C)C)cn1. The summed E-state index contributed by atoms with van der Waals surface area (Å²) in [5.74, 6) is 0.935. The molecule has 1 aromatic carbocycles. The van der Waals surface area contributed by atoms with Gasteiger partial charge in [0.1, 0.15) is 11.4 Å². The molecule has 3 aromatic rings. The van der Waals surface area contributed by atoms with Crippen molar-refractivity contribution in [2.45, 2.75) is 52.6 Å². The van der Waals surface area contributed by atoms with Crippen molar-refractivity contribution in [3.05, 3.63) is 54.2 Å². The molecule has 0 saturated heterocycles. The molecule has 0 bridgehead atoms. The molecule has 0 unspecified atom stereocenters. The first kappa shape index (κ1) is 20.7. The first-order valence-electron chi connectivity index (χ1n) is 10.0. The van der Waals surface area contributed by atoms with E-state index in [1.165, 1.54) is 6.20 Å². The van der Waals surface area contributed by atoms with Gasteiger partial charge in [-0.3, -0.25) is 9.69 Å². The second-order valence-corrected chi connectivity index (χ2v) is 9.12. The Hall–Kier alpha value is -3.55. The highest BCUT2D eigenvalue weighted by Gasteiger charge is 2.45. The summed E-state index contributed by atoms with van der Waals surface area (Å²) in [6.07, 6.45) is 4.41. The molecule has 1 aliphatic rings. The number of fused-ring (bicyclic) bond motifs is 1. The van der Waals surface area contributed by atoms with Gasteiger partial charge in [0.15, 0.2) is 5.82 Å². The Morgan fingerprint density at radius 2 is 1.74 bits per heavy atom. The van der Waals surface area contributed by atoms with Crippen molar-refractivity contribution in [1.82, 2.24) is 19.7 Å². The molecule has 0 radical (unpaired) electrons. The van der Waals surface area contributed by atoms with E-state index < -0.39 is 17.1 Å². The molecule has 3 heterocycles. The molecule has 4 rings (SSSR count). The van der Waals surface area contributed by atoms with Gasteiger partial charge in [-0.05, 0) is 58.7 Å². The summed E-state index contributed by atoms with van der Waals surface area (Å²) in [5, 5.41) is 4.33. The van der Waals surface area contributed by atoms with Crippen LogP contribution in [0.1, 0.15) is 46.0 Å². The van der Waals surface area contributed by atoms with Crippen LogP contribution in [0.4, 0.5) is 16.3 Å². The predicted octanol–water partition coefficient (Wildman–Crippen LogP) is 4.39. The van der Waals surface area contributed by atoms with E-state index >= 15 is 0 Å². The fraction of sp³-hybridized carbons (Fsp3) is 0.348. The Morgan fingerprint density at radius 3 is 2.39 bits per heavy atom. The topological polar surface area (TPSA) is 90.2 Å². The molecule has 8 heteroatoms. The Bertz CT molecular complexity index is 1170. The quantitative estimate of drug-likeness (QED) is 0.612. The summed E-state index contributed by atoms with van der Waals surface area (Å²) >= 11 is 0. The van der Waals surface area contributed by atoms with Gasteiger partial charge in [-0.1, -0.05) is 12.1 Å². The van der Waals surface area contributed by atoms with Crippen LogP contribution >= 0.6 is 0 Å². The van der Waals surface area contributed by atoms with Crippen molar-refractivity contribution in [2.75, 3.05) is 4.90 Å². The van der Waals surface area contributed by atoms with Crippen molar-refractivity contribution in [1.29, 1.82) is 0 Å². The number of carbonyl (C=O) groups excluding carboxylic acids is 2. The highest BCUT2D eigenvalue weighted by Crippen LogP contribution is 2.46. The average molecular weight is 419 g/mol. The number of benzene rings is 1. The summed E-state index contributed by atoms with van der Waals surface area (Å²) in [4.78, 5) is 35.8. The highest BCUT2D eigenvalue weighted by atomic mass is 16.6. The van der Waals surface area contributed by atoms with E-state index in [1.54, 1.807) is 44.1 Å². The van der Waals surface area contributed by atoms with Gasteiger partial charge in [0.2, 0.25) is 5.91 Å². The lowest BCUT2D eigenvalue weighted by Crippen LogP contribution is -2.33. The van der Waals surface area contributed by atoms with Crippen LogP contribution < -0.4 is 4.90 Å². The van der Waals surface area contributed by atoms with E-state index in [9.17, 15) is 9.59 Å². The van der Waals surface area contributed by atoms with Gasteiger partial charge in [0.05, 0.1) is 11.1 Å². The Kier molecular flexibility index (Phi) is 4.68. The maximum Gasteiger partial charge on any atom is 0.435 e. The smallest absolute Gasteiger partial charge is 0.435 e. The fourth-order valence-electron chi connectivity index (χ4n) is 3.54. The zero-order chi connectivity index (χ0) is 22.6. The lowest BCUT2D eigenvalue weighted by molar-refractivity contribution is -0.121. The monoisotopic (exact) mass is 419 g/mol. The minimum absolute atomic E-state index is 0.116. The van der Waals surface area contributed by atoms with Crippen LogP contribution in [0.5, 0.6) is 0 Å². The van der Waals surface area contributed by atoms with Crippen molar-refractivity contribution in [3.63, 3.8) is 0 Å². The number of carbonyl (C=O) groups is 2. The molecule has 1 amide bonds. The van der Waals surface area contributed by atoms with Gasteiger partial charge in [-0.2, -0.15) is 4.68 Å². The third kappa shape index (κ3) is 3.69. The summed E-state index contributed by atoms with van der Waals surface area (Å²) in [5.41, 5.74) is 1.98. The average Bonchev–Trinajstić information content (AvgIpc) is 3.23. The Balaban J connectivity index is 1.75. The molecule has 31 heavy (non-hydrogen) atoms. The van der Waals surface area contributed by atoms with Crippen molar-refractivity contribution in [3.8, 4) is 11.1 Å². The molecule has 0 spiro atoms. The normalized spacial score (nSPS) is 15.2. The van der Waals surface area contributed by atoms with Gasteiger partial charge in [0.25, 0.3) is 0 Å². The van der Waals surface area contributed by atoms with Gasteiger partial charge in [0, 0.05) is 30.2 Å². The first-order valence-corrected chi connectivity index (χ1v) is 10.0. The number of aromatic nitrogens is 4. The summed E-state index contributed by atoms with van der Waals surface area (Å²) in [6.45, 7) is 11.0. The van der Waals surface area contributed by atoms with E-state index in [-0.39, 0.29) is 5.91 Å². The van der Waals surface area contributed by atoms with Crippen LogP contribution in [0.2, 0.25) is 0 Å². The summed E-state index contributed by atoms with van der Waals surface area (Å²) < 4.78 is 6.48. The fourth-order valence-corrected chi connectivity index (χ4v) is 3.54. The third-order valence-electron chi connectivity index (χ3n) is 5.15. The molecular formula is C23H25N5O3. The molecule has 0 N–H and O–H groups in total. The predicted molar refractivity (Wildman–Crippen MR) is 116 cm³/mol. The summed E-state index contributed by atoms with van der Waals surface area (Å²) in [6, 6.07) is 7.48. The molecule has 0 fully saturated rings. The second-order valence-electron chi connectivity index (χ2n) is 9.12. The van der Waals surface area contributed by atoms with Crippen molar-refractivity contribution >= 4 is 23.5 Å². The zero-order valence-corrected chi connectivity index (χ0v) is 18.5. The lowest BCUT2D eigenvalue weighted by Gasteiger charge is -2.19. The molecule has 1 aliphatic heterocycles. The minimum atomic E-state index is -0.729. The van der Waals surface area contributed by atoms with Gasteiger partial charge >= 0.3 is 6.09 Å². The highest BCUT2D eigenvalue weighted by molar-refractivity contribution is 6.12. The Labute approximate surface area is 180 Å². The molecule has 0 atom stereocenters. The van der Waals surface area contributed by atoms with E-state index in [2.05, 4.69) is 15.1 Å². The van der Waals surface area contributed by atoms with Crippen LogP contribution in [0.15, 0.2) is 42.9 Å². The number of aryl methyl sites for hydroxylation is 1. The van der Waals surface area contributed by atoms with E-state index in [1.807, 2.05) is 39.0 Å².